The molecule has 27 heavy (non-hydrogen) atoms. The third-order valence-corrected chi connectivity index (χ3v) is 5.54. The van der Waals surface area contributed by atoms with Crippen LogP contribution < -0.4 is 0 Å². The molecule has 8 heteroatoms. The highest BCUT2D eigenvalue weighted by molar-refractivity contribution is 7.99. The number of carbonyl (C=O) groups is 1. The van der Waals surface area contributed by atoms with Crippen LogP contribution in [0, 0.1) is 0 Å². The van der Waals surface area contributed by atoms with Gasteiger partial charge in [-0.3, -0.25) is 9.36 Å². The molecule has 0 radical (unpaired) electrons. The normalized spacial score (nSPS) is 10.8. The maximum atomic E-state index is 11.7. The lowest BCUT2D eigenvalue weighted by Crippen LogP contribution is -2.08. The van der Waals surface area contributed by atoms with Crippen molar-refractivity contribution in [2.24, 2.45) is 0 Å². The SMILES string of the molecule is CCOC(=O)CSc1ncc(-c2ccc(Cl)c(Cl)c2)n1-c1cccc(Cl)c1. The molecular formula is C19H15Cl3N2O2S. The predicted molar refractivity (Wildman–Crippen MR) is 111 cm³/mol. The summed E-state index contributed by atoms with van der Waals surface area (Å²) in [4.78, 5) is 16.2. The number of imidazole rings is 1. The molecule has 0 atom stereocenters. The van der Waals surface area contributed by atoms with Gasteiger partial charge in [0, 0.05) is 16.3 Å². The molecular weight excluding hydrogens is 427 g/mol. The van der Waals surface area contributed by atoms with Gasteiger partial charge in [-0.2, -0.15) is 0 Å². The van der Waals surface area contributed by atoms with Crippen LogP contribution in [0.15, 0.2) is 53.8 Å². The van der Waals surface area contributed by atoms with Crippen LogP contribution >= 0.6 is 46.6 Å². The number of hydrogen-bond acceptors (Lipinski definition) is 4. The van der Waals surface area contributed by atoms with Gasteiger partial charge in [0.05, 0.1) is 34.3 Å². The lowest BCUT2D eigenvalue weighted by molar-refractivity contribution is -0.139. The fraction of sp³-hybridized carbons (Fsp3) is 0.158. The van der Waals surface area contributed by atoms with E-state index in [0.717, 1.165) is 16.9 Å². The summed E-state index contributed by atoms with van der Waals surface area (Å²) >= 11 is 19.7. The fourth-order valence-corrected chi connectivity index (χ4v) is 3.76. The highest BCUT2D eigenvalue weighted by atomic mass is 35.5. The Morgan fingerprint density at radius 2 is 1.96 bits per heavy atom. The highest BCUT2D eigenvalue weighted by Gasteiger charge is 2.17. The molecule has 0 aliphatic carbocycles. The second kappa shape index (κ2) is 9.02. The van der Waals surface area contributed by atoms with E-state index in [-0.39, 0.29) is 11.7 Å². The van der Waals surface area contributed by atoms with Crippen molar-refractivity contribution < 1.29 is 9.53 Å². The third kappa shape index (κ3) is 4.79. The molecule has 3 aromatic rings. The average molecular weight is 442 g/mol. The average Bonchev–Trinajstić information content (AvgIpc) is 3.06. The topological polar surface area (TPSA) is 44.1 Å². The van der Waals surface area contributed by atoms with Crippen LogP contribution in [0.2, 0.25) is 15.1 Å². The summed E-state index contributed by atoms with van der Waals surface area (Å²) in [6, 6.07) is 12.8. The first-order chi connectivity index (χ1) is 13.0. The van der Waals surface area contributed by atoms with E-state index in [2.05, 4.69) is 4.98 Å². The Kier molecular flexibility index (Phi) is 6.71. The van der Waals surface area contributed by atoms with Crippen LogP contribution in [0.25, 0.3) is 16.9 Å². The monoisotopic (exact) mass is 440 g/mol. The maximum Gasteiger partial charge on any atom is 0.316 e. The van der Waals surface area contributed by atoms with E-state index >= 15 is 0 Å². The van der Waals surface area contributed by atoms with Crippen molar-refractivity contribution >= 4 is 52.5 Å². The van der Waals surface area contributed by atoms with Crippen LogP contribution in [-0.4, -0.2) is 27.9 Å². The molecule has 0 bridgehead atoms. The Bertz CT molecular complexity index is 975. The molecule has 0 amide bonds. The molecule has 140 valence electrons. The summed E-state index contributed by atoms with van der Waals surface area (Å²) in [5.41, 5.74) is 2.48. The van der Waals surface area contributed by atoms with E-state index in [1.807, 2.05) is 28.8 Å². The molecule has 0 unspecified atom stereocenters. The number of esters is 1. The number of carbonyl (C=O) groups excluding carboxylic acids is 1. The van der Waals surface area contributed by atoms with Crippen LogP contribution in [0.5, 0.6) is 0 Å². The first-order valence-electron chi connectivity index (χ1n) is 8.07. The van der Waals surface area contributed by atoms with Crippen molar-refractivity contribution in [3.05, 3.63) is 63.7 Å². The highest BCUT2D eigenvalue weighted by Crippen LogP contribution is 2.33. The van der Waals surface area contributed by atoms with Gasteiger partial charge in [0.25, 0.3) is 0 Å². The van der Waals surface area contributed by atoms with Gasteiger partial charge in [-0.25, -0.2) is 4.98 Å². The Balaban J connectivity index is 2.05. The summed E-state index contributed by atoms with van der Waals surface area (Å²) in [5.74, 6) is -0.133. The molecule has 1 aromatic heterocycles. The van der Waals surface area contributed by atoms with Gasteiger partial charge < -0.3 is 4.74 Å². The Hall–Kier alpha value is -1.66. The zero-order valence-electron chi connectivity index (χ0n) is 14.3. The first kappa shape index (κ1) is 20.1. The van der Waals surface area contributed by atoms with E-state index in [1.165, 1.54) is 11.8 Å². The van der Waals surface area contributed by atoms with E-state index in [1.54, 1.807) is 31.3 Å². The number of thioether (sulfide) groups is 1. The standard InChI is InChI=1S/C19H15Cl3N2O2S/c1-2-26-18(25)11-27-19-23-10-17(12-6-7-15(21)16(22)8-12)24(19)14-5-3-4-13(20)9-14/h3-10H,2,11H2,1H3. The maximum absolute atomic E-state index is 11.7. The van der Waals surface area contributed by atoms with Crippen molar-refractivity contribution in [1.29, 1.82) is 0 Å². The second-order valence-electron chi connectivity index (χ2n) is 5.46. The minimum Gasteiger partial charge on any atom is -0.465 e. The van der Waals surface area contributed by atoms with E-state index in [4.69, 9.17) is 39.5 Å². The van der Waals surface area contributed by atoms with Gasteiger partial charge in [-0.1, -0.05) is 58.7 Å². The molecule has 0 aliphatic rings. The van der Waals surface area contributed by atoms with Gasteiger partial charge in [0.1, 0.15) is 0 Å². The summed E-state index contributed by atoms with van der Waals surface area (Å²) in [6.07, 6.45) is 1.73. The van der Waals surface area contributed by atoms with Crippen LogP contribution in [0.1, 0.15) is 6.92 Å². The smallest absolute Gasteiger partial charge is 0.316 e. The molecule has 0 aliphatic heterocycles. The predicted octanol–water partition coefficient (Wildman–Crippen LogP) is 6.15. The molecule has 1 heterocycles. The lowest BCUT2D eigenvalue weighted by Gasteiger charge is -2.13. The Morgan fingerprint density at radius 3 is 2.67 bits per heavy atom. The van der Waals surface area contributed by atoms with Gasteiger partial charge in [-0.15, -0.1) is 0 Å². The molecule has 0 fully saturated rings. The van der Waals surface area contributed by atoms with Gasteiger partial charge in [-0.05, 0) is 37.3 Å². The largest absolute Gasteiger partial charge is 0.465 e. The molecule has 2 aromatic carbocycles. The van der Waals surface area contributed by atoms with E-state index in [9.17, 15) is 4.79 Å². The Labute approximate surface area is 176 Å². The van der Waals surface area contributed by atoms with Crippen LogP contribution in [-0.2, 0) is 9.53 Å². The van der Waals surface area contributed by atoms with Gasteiger partial charge in [0.2, 0.25) is 0 Å². The Morgan fingerprint density at radius 1 is 1.15 bits per heavy atom. The van der Waals surface area contributed by atoms with E-state index in [0.29, 0.717) is 26.8 Å². The molecule has 3 rings (SSSR count). The fourth-order valence-electron chi connectivity index (χ4n) is 2.49. The van der Waals surface area contributed by atoms with Gasteiger partial charge in [0.15, 0.2) is 5.16 Å². The minimum absolute atomic E-state index is 0.159. The number of aromatic nitrogens is 2. The van der Waals surface area contributed by atoms with Crippen molar-refractivity contribution in [2.75, 3.05) is 12.4 Å². The van der Waals surface area contributed by atoms with E-state index < -0.39 is 0 Å². The van der Waals surface area contributed by atoms with Crippen molar-refractivity contribution in [3.8, 4) is 16.9 Å². The molecule has 0 saturated carbocycles. The number of rotatable bonds is 6. The zero-order valence-corrected chi connectivity index (χ0v) is 17.4. The minimum atomic E-state index is -0.292. The number of ether oxygens (including phenoxy) is 1. The molecule has 4 nitrogen and oxygen atoms in total. The van der Waals surface area contributed by atoms with Crippen molar-refractivity contribution in [1.82, 2.24) is 9.55 Å². The summed E-state index contributed by atoms with van der Waals surface area (Å²) in [5, 5.41) is 2.17. The number of benzene rings is 2. The van der Waals surface area contributed by atoms with Crippen LogP contribution in [0.3, 0.4) is 0 Å². The lowest BCUT2D eigenvalue weighted by atomic mass is 10.1. The van der Waals surface area contributed by atoms with Crippen molar-refractivity contribution in [2.45, 2.75) is 12.1 Å². The number of hydrogen-bond donors (Lipinski definition) is 0. The third-order valence-electron chi connectivity index (χ3n) is 3.64. The summed E-state index contributed by atoms with van der Waals surface area (Å²) < 4.78 is 6.92. The zero-order chi connectivity index (χ0) is 19.4. The molecule has 0 spiro atoms. The van der Waals surface area contributed by atoms with Crippen LogP contribution in [0.4, 0.5) is 0 Å². The summed E-state index contributed by atoms with van der Waals surface area (Å²) in [7, 11) is 0. The van der Waals surface area contributed by atoms with Crippen molar-refractivity contribution in [3.63, 3.8) is 0 Å². The molecule has 0 saturated heterocycles. The quantitative estimate of drug-likeness (QED) is 0.340. The number of halogens is 3. The first-order valence-corrected chi connectivity index (χ1v) is 10.2. The second-order valence-corrected chi connectivity index (χ2v) is 7.66. The summed E-state index contributed by atoms with van der Waals surface area (Å²) in [6.45, 7) is 2.12. The molecule has 0 N–H and O–H groups in total. The van der Waals surface area contributed by atoms with Gasteiger partial charge >= 0.3 is 5.97 Å². The number of nitrogens with zero attached hydrogens (tertiary/aromatic N) is 2.